The molecule has 25 heavy (non-hydrogen) atoms. The normalized spacial score (nSPS) is 11.3. The van der Waals surface area contributed by atoms with Crippen molar-refractivity contribution in [3.05, 3.63) is 83.4 Å². The summed E-state index contributed by atoms with van der Waals surface area (Å²) >= 11 is 0. The number of halogens is 2. The zero-order chi connectivity index (χ0) is 17.6. The molecule has 5 heteroatoms. The molecule has 2 N–H and O–H groups in total. The third kappa shape index (κ3) is 2.36. The summed E-state index contributed by atoms with van der Waals surface area (Å²) in [5, 5.41) is 1.39. The molecule has 3 aromatic carbocycles. The quantitative estimate of drug-likeness (QED) is 0.604. The fourth-order valence-corrected chi connectivity index (χ4v) is 3.23. The Morgan fingerprint density at radius 3 is 2.60 bits per heavy atom. The van der Waals surface area contributed by atoms with Gasteiger partial charge in [0.2, 0.25) is 5.91 Å². The number of hydrogen-bond acceptors (Lipinski definition) is 1. The number of benzene rings is 3. The Morgan fingerprint density at radius 1 is 1.04 bits per heavy atom. The highest BCUT2D eigenvalue weighted by molar-refractivity contribution is 6.17. The minimum absolute atomic E-state index is 0.129. The van der Waals surface area contributed by atoms with E-state index in [0.717, 1.165) is 22.5 Å². The highest BCUT2D eigenvalue weighted by atomic mass is 19.2. The number of hydrogen-bond donors (Lipinski definition) is 1. The molecule has 1 aromatic heterocycles. The number of nitrogens with zero attached hydrogens (tertiary/aromatic N) is 1. The molecule has 0 aliphatic heterocycles. The van der Waals surface area contributed by atoms with Crippen molar-refractivity contribution in [3.63, 3.8) is 0 Å². The first-order valence-corrected chi connectivity index (χ1v) is 7.72. The van der Waals surface area contributed by atoms with Gasteiger partial charge in [0, 0.05) is 21.9 Å². The number of fused-ring (bicyclic) bond motifs is 3. The molecule has 0 fully saturated rings. The van der Waals surface area contributed by atoms with Gasteiger partial charge in [0.05, 0.1) is 17.6 Å². The molecule has 0 unspecified atom stereocenters. The second-order valence-corrected chi connectivity index (χ2v) is 5.79. The van der Waals surface area contributed by atoms with E-state index in [1.807, 2.05) is 22.8 Å². The Labute approximate surface area is 142 Å². The van der Waals surface area contributed by atoms with Gasteiger partial charge in [0.1, 0.15) is 0 Å². The van der Waals surface area contributed by atoms with Crippen LogP contribution in [0.15, 0.2) is 54.6 Å². The molecule has 0 aliphatic carbocycles. The number of carbonyl (C=O) groups is 1. The molecule has 0 bridgehead atoms. The number of rotatable bonds is 3. The van der Waals surface area contributed by atoms with Crippen molar-refractivity contribution >= 4 is 27.7 Å². The van der Waals surface area contributed by atoms with E-state index in [-0.39, 0.29) is 12.1 Å². The topological polar surface area (TPSA) is 48.0 Å². The number of primary amides is 1. The third-order valence-corrected chi connectivity index (χ3v) is 4.33. The van der Waals surface area contributed by atoms with Crippen LogP contribution in [0.5, 0.6) is 0 Å². The maximum atomic E-state index is 14.1. The molecule has 0 atom stereocenters. The summed E-state index contributed by atoms with van der Waals surface area (Å²) < 4.78 is 29.5. The van der Waals surface area contributed by atoms with Crippen LogP contribution in [0.1, 0.15) is 15.9 Å². The van der Waals surface area contributed by atoms with Gasteiger partial charge >= 0.3 is 0 Å². The van der Waals surface area contributed by atoms with Gasteiger partial charge in [0.15, 0.2) is 11.6 Å². The van der Waals surface area contributed by atoms with Gasteiger partial charge in [-0.1, -0.05) is 30.3 Å². The minimum Gasteiger partial charge on any atom is -0.366 e. The summed E-state index contributed by atoms with van der Waals surface area (Å²) in [6, 6.07) is 17.8. The summed E-state index contributed by atoms with van der Waals surface area (Å²) in [5.74, 6) is -2.30. The Kier molecular flexibility index (Phi) is 3.50. The third-order valence-electron chi connectivity index (χ3n) is 4.33. The Balaban J connectivity index is 2.04. The van der Waals surface area contributed by atoms with Crippen LogP contribution in [-0.4, -0.2) is 10.5 Å². The first-order chi connectivity index (χ1) is 12.1. The van der Waals surface area contributed by atoms with Crippen LogP contribution in [-0.2, 0) is 6.54 Å². The van der Waals surface area contributed by atoms with Crippen molar-refractivity contribution in [2.45, 2.75) is 6.54 Å². The zero-order valence-corrected chi connectivity index (χ0v) is 13.1. The Bertz CT molecular complexity index is 1130. The summed E-state index contributed by atoms with van der Waals surface area (Å²) in [4.78, 5) is 11.8. The number of nitrogens with two attached hydrogens (primary N) is 1. The van der Waals surface area contributed by atoms with E-state index in [1.165, 1.54) is 6.07 Å². The molecule has 4 aromatic rings. The van der Waals surface area contributed by atoms with E-state index < -0.39 is 17.5 Å². The maximum Gasteiger partial charge on any atom is 0.249 e. The van der Waals surface area contributed by atoms with Gasteiger partial charge in [-0.2, -0.15) is 0 Å². The van der Waals surface area contributed by atoms with E-state index in [2.05, 4.69) is 6.07 Å². The number of aromatic nitrogens is 1. The fraction of sp³-hybridized carbons (Fsp3) is 0.0500. The van der Waals surface area contributed by atoms with Crippen molar-refractivity contribution in [2.24, 2.45) is 5.73 Å². The zero-order valence-electron chi connectivity index (χ0n) is 13.1. The van der Waals surface area contributed by atoms with E-state index in [4.69, 9.17) is 5.73 Å². The molecule has 4 rings (SSSR count). The first-order valence-electron chi connectivity index (χ1n) is 7.72. The molecular formula is C20H13F2N2O. The molecule has 0 saturated heterocycles. The Hall–Kier alpha value is -3.21. The molecule has 3 nitrogen and oxygen atoms in total. The van der Waals surface area contributed by atoms with Gasteiger partial charge in [-0.25, -0.2) is 8.78 Å². The van der Waals surface area contributed by atoms with Crippen LogP contribution >= 0.6 is 0 Å². The van der Waals surface area contributed by atoms with Crippen molar-refractivity contribution in [3.8, 4) is 0 Å². The summed E-state index contributed by atoms with van der Waals surface area (Å²) in [5.41, 5.74) is 7.60. The number of carbonyl (C=O) groups excluding carboxylic acids is 1. The number of amides is 1. The van der Waals surface area contributed by atoms with Crippen molar-refractivity contribution in [1.29, 1.82) is 0 Å². The van der Waals surface area contributed by atoms with Crippen molar-refractivity contribution in [2.75, 3.05) is 0 Å². The molecule has 1 radical (unpaired) electrons. The summed E-state index contributed by atoms with van der Waals surface area (Å²) in [7, 11) is 0. The van der Waals surface area contributed by atoms with Crippen LogP contribution in [0.25, 0.3) is 21.8 Å². The molecule has 123 valence electrons. The lowest BCUT2D eigenvalue weighted by atomic mass is 10.1. The standard InChI is InChI=1S/C20H13F2N2O/c21-15-8-3-5-12(19(15)22)11-24-16-9-2-1-6-13(16)18-14(20(23)25)7-4-10-17(18)24/h1-5,7-10H,11H2,(H2,23,25). The van der Waals surface area contributed by atoms with Gasteiger partial charge in [-0.15, -0.1) is 0 Å². The van der Waals surface area contributed by atoms with Gasteiger partial charge in [-0.3, -0.25) is 4.79 Å². The molecule has 1 amide bonds. The van der Waals surface area contributed by atoms with Crippen molar-refractivity contribution in [1.82, 2.24) is 4.57 Å². The van der Waals surface area contributed by atoms with Crippen molar-refractivity contribution < 1.29 is 13.6 Å². The lowest BCUT2D eigenvalue weighted by molar-refractivity contribution is 0.100. The van der Waals surface area contributed by atoms with E-state index in [1.54, 1.807) is 24.3 Å². The lowest BCUT2D eigenvalue weighted by Crippen LogP contribution is -2.11. The van der Waals surface area contributed by atoms with Crippen LogP contribution in [0.3, 0.4) is 0 Å². The van der Waals surface area contributed by atoms with Crippen LogP contribution in [0.4, 0.5) is 8.78 Å². The predicted molar refractivity (Wildman–Crippen MR) is 92.3 cm³/mol. The largest absolute Gasteiger partial charge is 0.366 e. The van der Waals surface area contributed by atoms with E-state index in [9.17, 15) is 13.6 Å². The molecular weight excluding hydrogens is 322 g/mol. The second-order valence-electron chi connectivity index (χ2n) is 5.79. The van der Waals surface area contributed by atoms with Crippen LogP contribution in [0.2, 0.25) is 0 Å². The molecule has 0 saturated carbocycles. The smallest absolute Gasteiger partial charge is 0.249 e. The van der Waals surface area contributed by atoms with Crippen LogP contribution in [0, 0.1) is 17.7 Å². The van der Waals surface area contributed by atoms with Gasteiger partial charge in [0.25, 0.3) is 0 Å². The SMILES string of the molecule is NC(=O)c1cccc2c1c1[c]cccc1n2Cc1cccc(F)c1F. The summed E-state index contributed by atoms with van der Waals surface area (Å²) in [6.07, 6.45) is 0. The highest BCUT2D eigenvalue weighted by Gasteiger charge is 2.17. The minimum atomic E-state index is -0.886. The molecule has 1 heterocycles. The Morgan fingerprint density at radius 2 is 1.80 bits per heavy atom. The monoisotopic (exact) mass is 335 g/mol. The van der Waals surface area contributed by atoms with E-state index in [0.29, 0.717) is 10.9 Å². The fourth-order valence-electron chi connectivity index (χ4n) is 3.23. The summed E-state index contributed by atoms with van der Waals surface area (Å²) in [6.45, 7) is 0.129. The van der Waals surface area contributed by atoms with Crippen LogP contribution < -0.4 is 5.73 Å². The van der Waals surface area contributed by atoms with Gasteiger partial charge < -0.3 is 10.3 Å². The average Bonchev–Trinajstić information content (AvgIpc) is 2.93. The highest BCUT2D eigenvalue weighted by Crippen LogP contribution is 2.32. The predicted octanol–water partition coefficient (Wildman–Crippen LogP) is 4.02. The lowest BCUT2D eigenvalue weighted by Gasteiger charge is -2.09. The van der Waals surface area contributed by atoms with E-state index >= 15 is 0 Å². The average molecular weight is 335 g/mol. The van der Waals surface area contributed by atoms with Gasteiger partial charge in [-0.05, 0) is 30.3 Å². The molecule has 0 aliphatic rings. The molecule has 0 spiro atoms. The second kappa shape index (κ2) is 5.70. The maximum absolute atomic E-state index is 14.1. The first kappa shape index (κ1) is 15.3.